The number of hydrogen-bond acceptors (Lipinski definition) is 5. The van der Waals surface area contributed by atoms with Gasteiger partial charge in [0, 0.05) is 28.4 Å². The molecule has 2 N–H and O–H groups in total. The first-order valence-corrected chi connectivity index (χ1v) is 11.3. The molecule has 0 aliphatic rings. The van der Waals surface area contributed by atoms with E-state index in [0.29, 0.717) is 11.3 Å². The van der Waals surface area contributed by atoms with E-state index in [1.54, 1.807) is 24.3 Å². The molecule has 6 nitrogen and oxygen atoms in total. The second kappa shape index (κ2) is 10.9. The summed E-state index contributed by atoms with van der Waals surface area (Å²) in [7, 11) is 1.28. The van der Waals surface area contributed by atoms with Gasteiger partial charge in [0.15, 0.2) is 5.60 Å². The number of anilines is 1. The van der Waals surface area contributed by atoms with Crippen molar-refractivity contribution in [1.29, 1.82) is 0 Å². The first-order valence-electron chi connectivity index (χ1n) is 10.5. The van der Waals surface area contributed by atoms with Crippen LogP contribution in [0.2, 0.25) is 10.2 Å². The van der Waals surface area contributed by atoms with Gasteiger partial charge in [0.2, 0.25) is 0 Å². The van der Waals surface area contributed by atoms with Crippen molar-refractivity contribution >= 4 is 40.8 Å². The molecular weight excluding hydrogens is 520 g/mol. The number of carbonyl (C=O) groups excluding carboxylic acids is 2. The maximum atomic E-state index is 14.1. The molecule has 0 radical (unpaired) electrons. The Bertz CT molecular complexity index is 1270. The number of nitrogens with zero attached hydrogens (tertiary/aromatic N) is 1. The molecule has 11 heteroatoms. The van der Waals surface area contributed by atoms with Crippen LogP contribution in [0.1, 0.15) is 39.9 Å². The second-order valence-electron chi connectivity index (χ2n) is 7.99. The zero-order valence-electron chi connectivity index (χ0n) is 19.1. The Morgan fingerprint density at radius 3 is 2.31 bits per heavy atom. The molecule has 0 saturated carbocycles. The number of amides is 1. The third-order valence-corrected chi connectivity index (χ3v) is 6.28. The number of rotatable bonds is 7. The highest BCUT2D eigenvalue weighted by atomic mass is 35.5. The summed E-state index contributed by atoms with van der Waals surface area (Å²) < 4.78 is 46.9. The van der Waals surface area contributed by atoms with Gasteiger partial charge in [0.05, 0.1) is 13.5 Å². The van der Waals surface area contributed by atoms with Crippen LogP contribution >= 0.6 is 23.2 Å². The number of ether oxygens (including phenoxy) is 1. The summed E-state index contributed by atoms with van der Waals surface area (Å²) in [4.78, 5) is 27.7. The molecule has 1 heterocycles. The lowest BCUT2D eigenvalue weighted by Crippen LogP contribution is -2.46. The van der Waals surface area contributed by atoms with Crippen molar-refractivity contribution in [2.24, 2.45) is 0 Å². The lowest BCUT2D eigenvalue weighted by molar-refractivity contribution is -0.274. The maximum absolute atomic E-state index is 14.1. The molecule has 1 amide bonds. The van der Waals surface area contributed by atoms with Crippen molar-refractivity contribution in [3.8, 4) is 0 Å². The zero-order valence-corrected chi connectivity index (χ0v) is 20.6. The summed E-state index contributed by atoms with van der Waals surface area (Å²) in [5.41, 5.74) is -2.61. The molecule has 0 bridgehead atoms. The van der Waals surface area contributed by atoms with Crippen molar-refractivity contribution in [1.82, 2.24) is 4.98 Å². The van der Waals surface area contributed by atoms with Gasteiger partial charge in [-0.25, -0.2) is 4.98 Å². The summed E-state index contributed by atoms with van der Waals surface area (Å²) in [6.45, 7) is 1.18. The van der Waals surface area contributed by atoms with Crippen LogP contribution in [0.15, 0.2) is 60.8 Å². The quantitative estimate of drug-likeness (QED) is 0.287. The highest BCUT2D eigenvalue weighted by Gasteiger charge is 2.59. The molecule has 190 valence electrons. The summed E-state index contributed by atoms with van der Waals surface area (Å²) in [6, 6.07) is 12.3. The van der Waals surface area contributed by atoms with Crippen molar-refractivity contribution in [2.75, 3.05) is 12.4 Å². The fraction of sp³-hybridized carbons (Fsp3) is 0.240. The number of esters is 1. The molecule has 3 rings (SSSR count). The van der Waals surface area contributed by atoms with Gasteiger partial charge in [0.25, 0.3) is 5.91 Å². The minimum Gasteiger partial charge on any atom is -0.469 e. The van der Waals surface area contributed by atoms with Gasteiger partial charge in [0.1, 0.15) is 5.15 Å². The number of aliphatic hydroxyl groups is 1. The van der Waals surface area contributed by atoms with Crippen LogP contribution in [0.3, 0.4) is 0 Å². The minimum atomic E-state index is -5.07. The molecule has 0 unspecified atom stereocenters. The summed E-state index contributed by atoms with van der Waals surface area (Å²) in [5, 5.41) is 13.2. The Hall–Kier alpha value is -3.14. The Balaban J connectivity index is 1.84. The molecular formula is C25H21Cl2F3N2O4. The van der Waals surface area contributed by atoms with Gasteiger partial charge in [-0.3, -0.25) is 9.59 Å². The average molecular weight is 541 g/mol. The van der Waals surface area contributed by atoms with Crippen LogP contribution < -0.4 is 5.32 Å². The van der Waals surface area contributed by atoms with Crippen LogP contribution in [0.25, 0.3) is 0 Å². The van der Waals surface area contributed by atoms with Gasteiger partial charge < -0.3 is 15.2 Å². The largest absolute Gasteiger partial charge is 0.469 e. The number of aromatic nitrogens is 1. The number of benzene rings is 2. The zero-order chi connectivity index (χ0) is 26.7. The summed E-state index contributed by atoms with van der Waals surface area (Å²) >= 11 is 12.1. The number of alkyl halides is 3. The standard InChI is InChI=1S/C25H21Cl2F3N2O4/c1-14(24(35,25(28,29)30)17-9-10-31-21(27)13-17)19-8-5-16(12-20(19)26)23(34)32-18-6-3-15(4-7-18)11-22(33)36-2/h3-10,12-14,35H,11H2,1-2H3,(H,32,34)/t14-,24-/m1/s1. The molecule has 36 heavy (non-hydrogen) atoms. The van der Waals surface area contributed by atoms with Crippen molar-refractivity contribution in [3.05, 3.63) is 93.2 Å². The predicted octanol–water partition coefficient (Wildman–Crippen LogP) is 5.91. The molecule has 2 atom stereocenters. The number of hydrogen-bond donors (Lipinski definition) is 2. The van der Waals surface area contributed by atoms with Crippen molar-refractivity contribution in [2.45, 2.75) is 31.0 Å². The fourth-order valence-corrected chi connectivity index (χ4v) is 4.21. The Morgan fingerprint density at radius 1 is 1.08 bits per heavy atom. The number of methoxy groups -OCH3 is 1. The van der Waals surface area contributed by atoms with Crippen molar-refractivity contribution in [3.63, 3.8) is 0 Å². The van der Waals surface area contributed by atoms with Crippen LogP contribution in [-0.4, -0.2) is 35.3 Å². The van der Waals surface area contributed by atoms with Gasteiger partial charge in [-0.2, -0.15) is 13.2 Å². The fourth-order valence-electron chi connectivity index (χ4n) is 3.69. The van der Waals surface area contributed by atoms with Crippen molar-refractivity contribution < 1.29 is 32.6 Å². The number of pyridine rings is 1. The number of carbonyl (C=O) groups is 2. The highest BCUT2D eigenvalue weighted by Crippen LogP contribution is 2.50. The predicted molar refractivity (Wildman–Crippen MR) is 129 cm³/mol. The monoisotopic (exact) mass is 540 g/mol. The highest BCUT2D eigenvalue weighted by molar-refractivity contribution is 6.32. The normalized spacial score (nSPS) is 14.0. The Morgan fingerprint density at radius 2 is 1.75 bits per heavy atom. The molecule has 0 fully saturated rings. The molecule has 0 aliphatic carbocycles. The number of halogens is 5. The summed E-state index contributed by atoms with van der Waals surface area (Å²) in [6.07, 6.45) is -3.93. The van der Waals surface area contributed by atoms with E-state index >= 15 is 0 Å². The van der Waals surface area contributed by atoms with E-state index in [1.165, 1.54) is 32.2 Å². The second-order valence-corrected chi connectivity index (χ2v) is 8.79. The Labute approximate surface area is 215 Å². The molecule has 0 spiro atoms. The van der Waals surface area contributed by atoms with E-state index in [2.05, 4.69) is 15.0 Å². The third kappa shape index (κ3) is 5.80. The Kier molecular flexibility index (Phi) is 8.28. The smallest absolute Gasteiger partial charge is 0.422 e. The number of nitrogens with one attached hydrogen (secondary N) is 1. The summed E-state index contributed by atoms with van der Waals surface area (Å²) in [5.74, 6) is -2.51. The third-order valence-electron chi connectivity index (χ3n) is 5.74. The van der Waals surface area contributed by atoms with E-state index in [0.717, 1.165) is 18.3 Å². The van der Waals surface area contributed by atoms with Crippen LogP contribution in [-0.2, 0) is 21.6 Å². The SMILES string of the molecule is COC(=O)Cc1ccc(NC(=O)c2ccc([C@@H](C)[C@@](O)(c3ccnc(Cl)c3)C(F)(F)F)c(Cl)c2)cc1. The first-order chi connectivity index (χ1) is 16.9. The van der Waals surface area contributed by atoms with E-state index < -0.39 is 35.1 Å². The average Bonchev–Trinajstić information content (AvgIpc) is 2.83. The van der Waals surface area contributed by atoms with Crippen LogP contribution in [0.5, 0.6) is 0 Å². The molecule has 0 aliphatic heterocycles. The molecule has 1 aromatic heterocycles. The lowest BCUT2D eigenvalue weighted by atomic mass is 9.78. The molecule has 2 aromatic carbocycles. The van der Waals surface area contributed by atoms with E-state index in [9.17, 15) is 27.9 Å². The first kappa shape index (κ1) is 27.4. The lowest BCUT2D eigenvalue weighted by Gasteiger charge is -2.37. The molecule has 0 saturated heterocycles. The van der Waals surface area contributed by atoms with Crippen LogP contribution in [0.4, 0.5) is 18.9 Å². The minimum absolute atomic E-state index is 0.0202. The molecule has 3 aromatic rings. The van der Waals surface area contributed by atoms with Gasteiger partial charge in [-0.15, -0.1) is 0 Å². The van der Waals surface area contributed by atoms with E-state index in [-0.39, 0.29) is 27.7 Å². The van der Waals surface area contributed by atoms with Gasteiger partial charge in [-0.05, 0) is 53.1 Å². The van der Waals surface area contributed by atoms with Crippen LogP contribution in [0, 0.1) is 0 Å². The van der Waals surface area contributed by atoms with Gasteiger partial charge in [-0.1, -0.05) is 48.3 Å². The van der Waals surface area contributed by atoms with E-state index in [4.69, 9.17) is 23.2 Å². The van der Waals surface area contributed by atoms with Gasteiger partial charge >= 0.3 is 12.1 Å². The maximum Gasteiger partial charge on any atom is 0.422 e. The van der Waals surface area contributed by atoms with E-state index in [1.807, 2.05) is 0 Å². The topological polar surface area (TPSA) is 88.5 Å².